The van der Waals surface area contributed by atoms with E-state index in [1.807, 2.05) is 30.3 Å². The third-order valence-corrected chi connectivity index (χ3v) is 5.26. The fraction of sp³-hybridized carbons (Fsp3) is 0.333. The van der Waals surface area contributed by atoms with Crippen molar-refractivity contribution in [3.05, 3.63) is 48.0 Å². The van der Waals surface area contributed by atoms with Crippen LogP contribution in [0.2, 0.25) is 0 Å². The quantitative estimate of drug-likeness (QED) is 0.439. The molecule has 2 heterocycles. The van der Waals surface area contributed by atoms with Crippen LogP contribution in [-0.4, -0.2) is 34.2 Å². The van der Waals surface area contributed by atoms with Crippen LogP contribution in [0.15, 0.2) is 36.7 Å². The lowest BCUT2D eigenvalue weighted by atomic mass is 10.0. The molecule has 0 saturated heterocycles. The van der Waals surface area contributed by atoms with E-state index in [1.54, 1.807) is 20.5 Å². The van der Waals surface area contributed by atoms with Crippen LogP contribution in [0.1, 0.15) is 50.9 Å². The summed E-state index contributed by atoms with van der Waals surface area (Å²) >= 11 is 0. The Labute approximate surface area is 176 Å². The van der Waals surface area contributed by atoms with Crippen LogP contribution in [0.25, 0.3) is 33.2 Å². The maximum atomic E-state index is 5.81. The summed E-state index contributed by atoms with van der Waals surface area (Å²) in [4.78, 5) is 18.8. The summed E-state index contributed by atoms with van der Waals surface area (Å²) < 4.78 is 11.2. The number of benzene rings is 2. The monoisotopic (exact) mass is 402 g/mol. The molecule has 0 radical (unpaired) electrons. The molecule has 0 fully saturated rings. The van der Waals surface area contributed by atoms with Crippen LogP contribution in [0.5, 0.6) is 11.5 Å². The van der Waals surface area contributed by atoms with Gasteiger partial charge in [0.1, 0.15) is 17.6 Å². The molecule has 4 aromatic rings. The molecule has 0 aliphatic carbocycles. The zero-order chi connectivity index (χ0) is 21.4. The summed E-state index contributed by atoms with van der Waals surface area (Å²) in [7, 11) is 3.31. The maximum Gasteiger partial charge on any atom is 0.163 e. The van der Waals surface area contributed by atoms with Crippen molar-refractivity contribution >= 4 is 21.8 Å². The Kier molecular flexibility index (Phi) is 5.24. The van der Waals surface area contributed by atoms with Gasteiger partial charge in [-0.1, -0.05) is 27.7 Å². The van der Waals surface area contributed by atoms with Crippen molar-refractivity contribution in [2.45, 2.75) is 39.5 Å². The Morgan fingerprint density at radius 3 is 2.17 bits per heavy atom. The molecule has 0 spiro atoms. The van der Waals surface area contributed by atoms with E-state index >= 15 is 0 Å². The number of methoxy groups -OCH3 is 2. The molecule has 0 N–H and O–H groups in total. The molecule has 30 heavy (non-hydrogen) atoms. The predicted octanol–water partition coefficient (Wildman–Crippen LogP) is 5.50. The second kappa shape index (κ2) is 7.86. The molecule has 0 amide bonds. The van der Waals surface area contributed by atoms with Crippen LogP contribution in [0, 0.1) is 0 Å². The van der Waals surface area contributed by atoms with Gasteiger partial charge >= 0.3 is 0 Å². The Morgan fingerprint density at radius 1 is 0.767 bits per heavy atom. The average Bonchev–Trinajstić information content (AvgIpc) is 2.76. The maximum absolute atomic E-state index is 5.81. The molecule has 154 valence electrons. The van der Waals surface area contributed by atoms with E-state index in [4.69, 9.17) is 19.4 Å². The van der Waals surface area contributed by atoms with E-state index in [1.165, 1.54) is 0 Å². The minimum Gasteiger partial charge on any atom is -0.497 e. The lowest BCUT2D eigenvalue weighted by Gasteiger charge is -2.16. The summed E-state index contributed by atoms with van der Waals surface area (Å²) in [6.07, 6.45) is 1.59. The average molecular weight is 402 g/mol. The third kappa shape index (κ3) is 3.32. The van der Waals surface area contributed by atoms with Crippen molar-refractivity contribution in [1.29, 1.82) is 0 Å². The van der Waals surface area contributed by atoms with Crippen molar-refractivity contribution in [1.82, 2.24) is 19.9 Å². The molecule has 6 heteroatoms. The van der Waals surface area contributed by atoms with E-state index in [0.717, 1.165) is 44.5 Å². The van der Waals surface area contributed by atoms with E-state index in [-0.39, 0.29) is 11.8 Å². The van der Waals surface area contributed by atoms with E-state index in [9.17, 15) is 0 Å². The molecule has 0 saturated carbocycles. The van der Waals surface area contributed by atoms with Crippen LogP contribution in [0.4, 0.5) is 0 Å². The van der Waals surface area contributed by atoms with Crippen molar-refractivity contribution in [2.24, 2.45) is 0 Å². The second-order valence-corrected chi connectivity index (χ2v) is 7.93. The highest BCUT2D eigenvalue weighted by Crippen LogP contribution is 2.37. The lowest BCUT2D eigenvalue weighted by molar-refractivity contribution is 0.415. The number of hydrogen-bond acceptors (Lipinski definition) is 6. The Hall–Kier alpha value is -3.28. The van der Waals surface area contributed by atoms with Crippen molar-refractivity contribution < 1.29 is 9.47 Å². The SMILES string of the molecule is COc1ccc2c(C(C)C)nc(-c3ccc4c(C(C)C)ncnc4c3OC)nc2c1. The molecular formula is C24H26N4O2. The summed E-state index contributed by atoms with van der Waals surface area (Å²) in [6.45, 7) is 8.51. The topological polar surface area (TPSA) is 70.0 Å². The highest BCUT2D eigenvalue weighted by Gasteiger charge is 2.19. The number of aromatic nitrogens is 4. The molecule has 0 aliphatic rings. The van der Waals surface area contributed by atoms with Crippen molar-refractivity contribution in [2.75, 3.05) is 14.2 Å². The number of nitrogens with zero attached hydrogens (tertiary/aromatic N) is 4. The van der Waals surface area contributed by atoms with E-state index < -0.39 is 0 Å². The fourth-order valence-corrected chi connectivity index (χ4v) is 3.79. The van der Waals surface area contributed by atoms with Gasteiger partial charge in [0.05, 0.1) is 36.7 Å². The lowest BCUT2D eigenvalue weighted by Crippen LogP contribution is -2.03. The number of rotatable bonds is 5. The normalized spacial score (nSPS) is 11.6. The highest BCUT2D eigenvalue weighted by molar-refractivity contribution is 5.93. The minimum absolute atomic E-state index is 0.240. The molecule has 6 nitrogen and oxygen atoms in total. The van der Waals surface area contributed by atoms with Gasteiger partial charge in [-0.05, 0) is 36.1 Å². The fourth-order valence-electron chi connectivity index (χ4n) is 3.79. The van der Waals surface area contributed by atoms with E-state index in [0.29, 0.717) is 11.6 Å². The first kappa shape index (κ1) is 20.0. The van der Waals surface area contributed by atoms with Gasteiger partial charge in [0.2, 0.25) is 0 Å². The van der Waals surface area contributed by atoms with Crippen LogP contribution in [-0.2, 0) is 0 Å². The van der Waals surface area contributed by atoms with Gasteiger partial charge in [-0.25, -0.2) is 19.9 Å². The first-order valence-electron chi connectivity index (χ1n) is 10.1. The molecule has 2 aromatic heterocycles. The number of fused-ring (bicyclic) bond motifs is 2. The third-order valence-electron chi connectivity index (χ3n) is 5.26. The first-order chi connectivity index (χ1) is 14.4. The largest absolute Gasteiger partial charge is 0.497 e. The standard InChI is InChI=1S/C24H26N4O2/c1-13(2)20-17-9-10-18(23(30-6)22(17)26-12-25-20)24-27-19-11-15(29-5)7-8-16(19)21(28-24)14(3)4/h7-14H,1-6H3. The zero-order valence-electron chi connectivity index (χ0n) is 18.2. The molecular weight excluding hydrogens is 376 g/mol. The summed E-state index contributed by atoms with van der Waals surface area (Å²) in [5.74, 6) is 2.56. The summed E-state index contributed by atoms with van der Waals surface area (Å²) in [6, 6.07) is 9.95. The number of ether oxygens (including phenoxy) is 2. The Morgan fingerprint density at radius 2 is 1.50 bits per heavy atom. The minimum atomic E-state index is 0.240. The smallest absolute Gasteiger partial charge is 0.163 e. The van der Waals surface area contributed by atoms with Crippen LogP contribution in [0.3, 0.4) is 0 Å². The Balaban J connectivity index is 2.02. The van der Waals surface area contributed by atoms with Gasteiger partial charge in [0, 0.05) is 16.8 Å². The van der Waals surface area contributed by atoms with Crippen molar-refractivity contribution in [3.8, 4) is 22.9 Å². The van der Waals surface area contributed by atoms with Gasteiger partial charge in [-0.3, -0.25) is 0 Å². The predicted molar refractivity (Wildman–Crippen MR) is 119 cm³/mol. The molecule has 0 aliphatic heterocycles. The molecule has 2 aromatic carbocycles. The summed E-state index contributed by atoms with van der Waals surface area (Å²) in [5, 5.41) is 2.01. The molecule has 4 rings (SSSR count). The highest BCUT2D eigenvalue weighted by atomic mass is 16.5. The second-order valence-electron chi connectivity index (χ2n) is 7.93. The summed E-state index contributed by atoms with van der Waals surface area (Å²) in [5.41, 5.74) is 4.41. The van der Waals surface area contributed by atoms with Gasteiger partial charge < -0.3 is 9.47 Å². The Bertz CT molecular complexity index is 1240. The number of hydrogen-bond donors (Lipinski definition) is 0. The zero-order valence-corrected chi connectivity index (χ0v) is 18.2. The van der Waals surface area contributed by atoms with Crippen LogP contribution >= 0.6 is 0 Å². The molecule has 0 atom stereocenters. The van der Waals surface area contributed by atoms with Gasteiger partial charge in [-0.2, -0.15) is 0 Å². The van der Waals surface area contributed by atoms with Gasteiger partial charge in [0.25, 0.3) is 0 Å². The van der Waals surface area contributed by atoms with Gasteiger partial charge in [0.15, 0.2) is 11.6 Å². The van der Waals surface area contributed by atoms with Crippen LogP contribution < -0.4 is 9.47 Å². The van der Waals surface area contributed by atoms with E-state index in [2.05, 4.69) is 37.7 Å². The van der Waals surface area contributed by atoms with Crippen molar-refractivity contribution in [3.63, 3.8) is 0 Å². The van der Waals surface area contributed by atoms with Gasteiger partial charge in [-0.15, -0.1) is 0 Å². The first-order valence-corrected chi connectivity index (χ1v) is 10.1. The molecule has 0 unspecified atom stereocenters. The molecule has 0 bridgehead atoms.